The minimum absolute atomic E-state index is 0.311. The Labute approximate surface area is 134 Å². The summed E-state index contributed by atoms with van der Waals surface area (Å²) in [7, 11) is 0. The Hall–Kier alpha value is -1.95. The fourth-order valence-electron chi connectivity index (χ4n) is 2.94. The number of rotatable bonds is 5. The molecule has 0 spiro atoms. The third kappa shape index (κ3) is 3.69. The number of aromatic nitrogens is 2. The molecule has 0 bridgehead atoms. The zero-order valence-electron chi connectivity index (χ0n) is 13.2. The van der Waals surface area contributed by atoms with Crippen LogP contribution in [0.1, 0.15) is 25.3 Å². The molecule has 1 aliphatic rings. The fourth-order valence-corrected chi connectivity index (χ4v) is 2.94. The smallest absolute Gasteiger partial charge is 0.159 e. The summed E-state index contributed by atoms with van der Waals surface area (Å²) < 4.78 is 34.0. The van der Waals surface area contributed by atoms with Gasteiger partial charge in [-0.25, -0.2) is 8.78 Å². The Morgan fingerprint density at radius 1 is 1.26 bits per heavy atom. The van der Waals surface area contributed by atoms with Crippen LogP contribution in [0.4, 0.5) is 14.5 Å². The maximum atomic E-state index is 13.5. The van der Waals surface area contributed by atoms with Gasteiger partial charge in [-0.3, -0.25) is 4.68 Å². The number of anilines is 1. The van der Waals surface area contributed by atoms with E-state index in [-0.39, 0.29) is 0 Å². The first-order chi connectivity index (χ1) is 11.2. The lowest BCUT2D eigenvalue weighted by molar-refractivity contribution is 0.0841. The highest BCUT2D eigenvalue weighted by atomic mass is 19.2. The van der Waals surface area contributed by atoms with Crippen molar-refractivity contribution < 1.29 is 13.5 Å². The van der Waals surface area contributed by atoms with Crippen LogP contribution < -0.4 is 4.90 Å². The van der Waals surface area contributed by atoms with Gasteiger partial charge >= 0.3 is 0 Å². The zero-order chi connectivity index (χ0) is 16.2. The molecule has 2 aromatic rings. The summed E-state index contributed by atoms with van der Waals surface area (Å²) in [6.45, 7) is 4.80. The molecule has 124 valence electrons. The second-order valence-corrected chi connectivity index (χ2v) is 5.77. The molecular weight excluding hydrogens is 300 g/mol. The van der Waals surface area contributed by atoms with Crippen LogP contribution >= 0.6 is 0 Å². The second kappa shape index (κ2) is 7.08. The summed E-state index contributed by atoms with van der Waals surface area (Å²) >= 11 is 0. The maximum Gasteiger partial charge on any atom is 0.159 e. The number of benzene rings is 1. The molecule has 0 saturated carbocycles. The fraction of sp³-hybridized carbons (Fsp3) is 0.471. The van der Waals surface area contributed by atoms with Crippen LogP contribution in [0.5, 0.6) is 0 Å². The third-order valence-electron chi connectivity index (χ3n) is 4.24. The number of hydrogen-bond donors (Lipinski definition) is 0. The van der Waals surface area contributed by atoms with Crippen LogP contribution in [-0.4, -0.2) is 29.0 Å². The van der Waals surface area contributed by atoms with Crippen LogP contribution in [0.15, 0.2) is 30.6 Å². The summed E-state index contributed by atoms with van der Waals surface area (Å²) in [6, 6.07) is 4.40. The van der Waals surface area contributed by atoms with Gasteiger partial charge in [-0.15, -0.1) is 0 Å². The van der Waals surface area contributed by atoms with Gasteiger partial charge < -0.3 is 9.64 Å². The zero-order valence-corrected chi connectivity index (χ0v) is 13.2. The minimum atomic E-state index is -0.815. The molecule has 1 aromatic heterocycles. The molecule has 4 nitrogen and oxygen atoms in total. The molecule has 0 aliphatic carbocycles. The van der Waals surface area contributed by atoms with E-state index in [1.54, 1.807) is 6.07 Å². The van der Waals surface area contributed by atoms with E-state index in [0.29, 0.717) is 12.6 Å². The van der Waals surface area contributed by atoms with Crippen molar-refractivity contribution in [1.29, 1.82) is 0 Å². The molecule has 0 N–H and O–H groups in total. The van der Waals surface area contributed by atoms with Crippen molar-refractivity contribution in [2.45, 2.75) is 38.9 Å². The molecule has 0 radical (unpaired) electrons. The molecule has 3 rings (SSSR count). The maximum absolute atomic E-state index is 13.5. The van der Waals surface area contributed by atoms with Gasteiger partial charge in [-0.2, -0.15) is 5.10 Å². The van der Waals surface area contributed by atoms with Crippen molar-refractivity contribution in [3.63, 3.8) is 0 Å². The Bertz CT molecular complexity index is 653. The first kappa shape index (κ1) is 15.9. The molecule has 23 heavy (non-hydrogen) atoms. The average Bonchev–Trinajstić information content (AvgIpc) is 3.05. The molecule has 1 aromatic carbocycles. The van der Waals surface area contributed by atoms with Crippen molar-refractivity contribution in [3.8, 4) is 0 Å². The lowest BCUT2D eigenvalue weighted by atomic mass is 10.1. The largest absolute Gasteiger partial charge is 0.381 e. The Balaban J connectivity index is 1.85. The number of ether oxygens (including phenoxy) is 1. The van der Waals surface area contributed by atoms with E-state index in [4.69, 9.17) is 4.74 Å². The molecule has 0 atom stereocenters. The van der Waals surface area contributed by atoms with E-state index in [9.17, 15) is 8.78 Å². The predicted molar refractivity (Wildman–Crippen MR) is 84.3 cm³/mol. The standard InChI is InChI=1S/C17H21F2N3O/c1-2-21-12-15(10-20-21)22(14-5-7-23-8-6-14)11-13-3-4-16(18)17(19)9-13/h3-4,9-10,12,14H,2,5-8,11H2,1H3. The lowest BCUT2D eigenvalue weighted by Crippen LogP contribution is -2.39. The third-order valence-corrected chi connectivity index (χ3v) is 4.24. The quantitative estimate of drug-likeness (QED) is 0.846. The molecule has 1 aliphatic heterocycles. The second-order valence-electron chi connectivity index (χ2n) is 5.77. The summed E-state index contributed by atoms with van der Waals surface area (Å²) in [4.78, 5) is 2.22. The number of halogens is 2. The summed E-state index contributed by atoms with van der Waals surface area (Å²) in [6.07, 6.45) is 5.66. The van der Waals surface area contributed by atoms with Crippen molar-refractivity contribution >= 4 is 5.69 Å². The van der Waals surface area contributed by atoms with Gasteiger partial charge in [-0.1, -0.05) is 6.07 Å². The lowest BCUT2D eigenvalue weighted by Gasteiger charge is -2.35. The molecule has 0 unspecified atom stereocenters. The van der Waals surface area contributed by atoms with Gasteiger partial charge in [0, 0.05) is 38.5 Å². The highest BCUT2D eigenvalue weighted by Gasteiger charge is 2.23. The summed E-state index contributed by atoms with van der Waals surface area (Å²) in [5, 5.41) is 4.33. The van der Waals surface area contributed by atoms with E-state index in [0.717, 1.165) is 43.9 Å². The number of nitrogens with zero attached hydrogens (tertiary/aromatic N) is 3. The van der Waals surface area contributed by atoms with Gasteiger partial charge in [-0.05, 0) is 37.5 Å². The average molecular weight is 321 g/mol. The van der Waals surface area contributed by atoms with Gasteiger partial charge in [0.1, 0.15) is 0 Å². The molecule has 6 heteroatoms. The van der Waals surface area contributed by atoms with Crippen LogP contribution in [0.25, 0.3) is 0 Å². The molecular formula is C17H21F2N3O. The van der Waals surface area contributed by atoms with Gasteiger partial charge in [0.05, 0.1) is 11.9 Å². The first-order valence-corrected chi connectivity index (χ1v) is 7.98. The summed E-state index contributed by atoms with van der Waals surface area (Å²) in [5.41, 5.74) is 1.75. The van der Waals surface area contributed by atoms with Crippen LogP contribution in [0, 0.1) is 11.6 Å². The molecule has 1 saturated heterocycles. The Morgan fingerprint density at radius 3 is 2.70 bits per heavy atom. The Kier molecular flexibility index (Phi) is 4.91. The molecule has 1 fully saturated rings. The van der Waals surface area contributed by atoms with E-state index in [1.807, 2.05) is 24.0 Å². The van der Waals surface area contributed by atoms with Crippen molar-refractivity contribution in [1.82, 2.24) is 9.78 Å². The molecule has 2 heterocycles. The minimum Gasteiger partial charge on any atom is -0.381 e. The molecule has 0 amide bonds. The van der Waals surface area contributed by atoms with Crippen LogP contribution in [-0.2, 0) is 17.8 Å². The highest BCUT2D eigenvalue weighted by molar-refractivity contribution is 5.45. The van der Waals surface area contributed by atoms with E-state index < -0.39 is 11.6 Å². The van der Waals surface area contributed by atoms with E-state index in [1.165, 1.54) is 12.1 Å². The number of hydrogen-bond acceptors (Lipinski definition) is 3. The van der Waals surface area contributed by atoms with Crippen LogP contribution in [0.2, 0.25) is 0 Å². The monoisotopic (exact) mass is 321 g/mol. The van der Waals surface area contributed by atoms with Crippen molar-refractivity contribution in [2.24, 2.45) is 0 Å². The van der Waals surface area contributed by atoms with Crippen LogP contribution in [0.3, 0.4) is 0 Å². The normalized spacial score (nSPS) is 15.8. The van der Waals surface area contributed by atoms with Gasteiger partial charge in [0.25, 0.3) is 0 Å². The first-order valence-electron chi connectivity index (χ1n) is 7.98. The Morgan fingerprint density at radius 2 is 2.04 bits per heavy atom. The topological polar surface area (TPSA) is 30.3 Å². The van der Waals surface area contributed by atoms with Gasteiger partial charge in [0.2, 0.25) is 0 Å². The number of aryl methyl sites for hydroxylation is 1. The van der Waals surface area contributed by atoms with E-state index >= 15 is 0 Å². The summed E-state index contributed by atoms with van der Waals surface area (Å²) in [5.74, 6) is -1.62. The van der Waals surface area contributed by atoms with Gasteiger partial charge in [0.15, 0.2) is 11.6 Å². The van der Waals surface area contributed by atoms with Crippen molar-refractivity contribution in [3.05, 3.63) is 47.8 Å². The highest BCUT2D eigenvalue weighted by Crippen LogP contribution is 2.25. The SMILES string of the molecule is CCn1cc(N(Cc2ccc(F)c(F)c2)C2CCOCC2)cn1. The van der Waals surface area contributed by atoms with Crippen molar-refractivity contribution in [2.75, 3.05) is 18.1 Å². The predicted octanol–water partition coefficient (Wildman–Crippen LogP) is 3.37. The van der Waals surface area contributed by atoms with E-state index in [2.05, 4.69) is 10.00 Å².